The third-order valence-corrected chi connectivity index (χ3v) is 5.43. The molecule has 0 spiro atoms. The van der Waals surface area contributed by atoms with Crippen molar-refractivity contribution in [3.05, 3.63) is 59.7 Å². The van der Waals surface area contributed by atoms with Crippen LogP contribution in [0, 0.1) is 5.92 Å². The molecule has 4 heteroatoms. The van der Waals surface area contributed by atoms with Crippen LogP contribution in [0.3, 0.4) is 0 Å². The van der Waals surface area contributed by atoms with Crippen molar-refractivity contribution in [2.75, 3.05) is 18.1 Å². The Bertz CT molecular complexity index is 726. The normalized spacial score (nSPS) is 14.8. The average molecular weight is 315 g/mol. The third kappa shape index (κ3) is 3.50. The average Bonchev–Trinajstić information content (AvgIpc) is 2.89. The van der Waals surface area contributed by atoms with Gasteiger partial charge < -0.3 is 5.32 Å². The van der Waals surface area contributed by atoms with Gasteiger partial charge in [0.1, 0.15) is 0 Å². The van der Waals surface area contributed by atoms with Crippen LogP contribution in [-0.4, -0.2) is 21.2 Å². The van der Waals surface area contributed by atoms with E-state index in [9.17, 15) is 8.42 Å². The Morgan fingerprint density at radius 3 is 2.14 bits per heavy atom. The predicted molar refractivity (Wildman–Crippen MR) is 90.0 cm³/mol. The van der Waals surface area contributed by atoms with Crippen LogP contribution in [0.25, 0.3) is 0 Å². The Kier molecular flexibility index (Phi) is 4.21. The Hall–Kier alpha value is -1.81. The molecule has 0 saturated heterocycles. The molecule has 0 bridgehead atoms. The minimum atomic E-state index is -3.11. The van der Waals surface area contributed by atoms with Gasteiger partial charge in [0, 0.05) is 18.5 Å². The number of benzene rings is 2. The lowest BCUT2D eigenvalue weighted by Crippen LogP contribution is -2.09. The number of hydrogen-bond donors (Lipinski definition) is 1. The first kappa shape index (κ1) is 15.1. The molecule has 1 aliphatic rings. The van der Waals surface area contributed by atoms with Crippen LogP contribution >= 0.6 is 0 Å². The van der Waals surface area contributed by atoms with Gasteiger partial charge in [0.05, 0.1) is 4.90 Å². The zero-order valence-corrected chi connectivity index (χ0v) is 13.6. The summed E-state index contributed by atoms with van der Waals surface area (Å²) < 4.78 is 22.8. The lowest BCUT2D eigenvalue weighted by molar-refractivity contribution is 0.530. The second-order valence-corrected chi connectivity index (χ2v) is 8.07. The van der Waals surface area contributed by atoms with Gasteiger partial charge in [-0.3, -0.25) is 0 Å². The van der Waals surface area contributed by atoms with E-state index in [0.717, 1.165) is 18.7 Å². The molecule has 0 fully saturated rings. The van der Waals surface area contributed by atoms with Crippen LogP contribution in [0.15, 0.2) is 53.4 Å². The van der Waals surface area contributed by atoms with Gasteiger partial charge in [-0.15, -0.1) is 0 Å². The fourth-order valence-corrected chi connectivity index (χ4v) is 3.73. The van der Waals surface area contributed by atoms with E-state index in [2.05, 4.69) is 29.6 Å². The van der Waals surface area contributed by atoms with Crippen LogP contribution in [0.4, 0.5) is 5.69 Å². The molecule has 0 radical (unpaired) electrons. The Labute approximate surface area is 132 Å². The van der Waals surface area contributed by atoms with Crippen molar-refractivity contribution in [2.24, 2.45) is 5.92 Å². The molecule has 0 unspecified atom stereocenters. The van der Waals surface area contributed by atoms with E-state index in [1.165, 1.54) is 30.2 Å². The number of nitrogens with one attached hydrogen (secondary N) is 1. The van der Waals surface area contributed by atoms with Crippen LogP contribution in [-0.2, 0) is 22.7 Å². The van der Waals surface area contributed by atoms with Gasteiger partial charge in [0.2, 0.25) is 0 Å². The van der Waals surface area contributed by atoms with Gasteiger partial charge in [-0.05, 0) is 60.6 Å². The van der Waals surface area contributed by atoms with E-state index in [4.69, 9.17) is 0 Å². The summed E-state index contributed by atoms with van der Waals surface area (Å²) in [6.45, 7) is 0.914. The van der Waals surface area contributed by atoms with Gasteiger partial charge in [0.15, 0.2) is 9.84 Å². The summed E-state index contributed by atoms with van der Waals surface area (Å²) in [4.78, 5) is 0.365. The molecule has 0 amide bonds. The molecule has 0 saturated carbocycles. The van der Waals surface area contributed by atoms with Gasteiger partial charge in [-0.25, -0.2) is 8.42 Å². The Morgan fingerprint density at radius 2 is 1.59 bits per heavy atom. The molecule has 0 aliphatic heterocycles. The molecule has 0 aromatic heterocycles. The summed E-state index contributed by atoms with van der Waals surface area (Å²) in [7, 11) is -3.11. The molecule has 0 heterocycles. The molecule has 0 atom stereocenters. The van der Waals surface area contributed by atoms with Crippen LogP contribution in [0.1, 0.15) is 17.5 Å². The molecule has 2 aromatic carbocycles. The second kappa shape index (κ2) is 6.13. The highest BCUT2D eigenvalue weighted by Crippen LogP contribution is 2.28. The largest absolute Gasteiger partial charge is 0.385 e. The van der Waals surface area contributed by atoms with Crippen LogP contribution in [0.5, 0.6) is 0 Å². The lowest BCUT2D eigenvalue weighted by Gasteiger charge is -2.11. The molecular weight excluding hydrogens is 294 g/mol. The van der Waals surface area contributed by atoms with Gasteiger partial charge in [0.25, 0.3) is 0 Å². The first-order valence-corrected chi connectivity index (χ1v) is 9.52. The first-order chi connectivity index (χ1) is 10.5. The molecule has 1 aliphatic carbocycles. The summed E-state index contributed by atoms with van der Waals surface area (Å²) >= 11 is 0. The number of fused-ring (bicyclic) bond motifs is 1. The molecule has 22 heavy (non-hydrogen) atoms. The molecular formula is C18H21NO2S. The van der Waals surface area contributed by atoms with E-state index < -0.39 is 9.84 Å². The molecule has 3 rings (SSSR count). The van der Waals surface area contributed by atoms with Crippen molar-refractivity contribution in [2.45, 2.75) is 24.2 Å². The summed E-state index contributed by atoms with van der Waals surface area (Å²) in [5.74, 6) is 0.709. The van der Waals surface area contributed by atoms with Gasteiger partial charge >= 0.3 is 0 Å². The standard InChI is InChI=1S/C18H21NO2S/c1-22(20,21)18-8-6-17(7-9-18)19-11-10-14-12-15-4-2-3-5-16(15)13-14/h2-9,14,19H,10-13H2,1H3. The summed E-state index contributed by atoms with van der Waals surface area (Å²) in [5, 5.41) is 3.38. The maximum Gasteiger partial charge on any atom is 0.175 e. The topological polar surface area (TPSA) is 46.2 Å². The molecule has 2 aromatic rings. The number of anilines is 1. The van der Waals surface area contributed by atoms with E-state index >= 15 is 0 Å². The monoisotopic (exact) mass is 315 g/mol. The minimum absolute atomic E-state index is 0.365. The zero-order valence-electron chi connectivity index (χ0n) is 12.7. The quantitative estimate of drug-likeness (QED) is 0.921. The Balaban J connectivity index is 1.50. The summed E-state index contributed by atoms with van der Waals surface area (Å²) in [6.07, 6.45) is 4.70. The van der Waals surface area contributed by atoms with Crippen molar-refractivity contribution in [3.8, 4) is 0 Å². The van der Waals surface area contributed by atoms with Crippen molar-refractivity contribution >= 4 is 15.5 Å². The fraction of sp³-hybridized carbons (Fsp3) is 0.333. The third-order valence-electron chi connectivity index (χ3n) is 4.30. The highest BCUT2D eigenvalue weighted by Gasteiger charge is 2.20. The maximum absolute atomic E-state index is 11.4. The number of sulfone groups is 1. The SMILES string of the molecule is CS(=O)(=O)c1ccc(NCCC2Cc3ccccc3C2)cc1. The minimum Gasteiger partial charge on any atom is -0.385 e. The molecule has 116 valence electrons. The highest BCUT2D eigenvalue weighted by molar-refractivity contribution is 7.90. The van der Waals surface area contributed by atoms with E-state index in [1.54, 1.807) is 12.1 Å². The van der Waals surface area contributed by atoms with Crippen molar-refractivity contribution < 1.29 is 8.42 Å². The fourth-order valence-electron chi connectivity index (χ4n) is 3.09. The van der Waals surface area contributed by atoms with Crippen molar-refractivity contribution in [1.82, 2.24) is 0 Å². The van der Waals surface area contributed by atoms with Gasteiger partial charge in [-0.2, -0.15) is 0 Å². The maximum atomic E-state index is 11.4. The number of rotatable bonds is 5. The van der Waals surface area contributed by atoms with E-state index in [0.29, 0.717) is 10.8 Å². The predicted octanol–water partition coefficient (Wildman–Crippen LogP) is 3.31. The number of hydrogen-bond acceptors (Lipinski definition) is 3. The van der Waals surface area contributed by atoms with Crippen molar-refractivity contribution in [1.29, 1.82) is 0 Å². The smallest absolute Gasteiger partial charge is 0.175 e. The van der Waals surface area contributed by atoms with E-state index in [1.807, 2.05) is 12.1 Å². The Morgan fingerprint density at radius 1 is 1.00 bits per heavy atom. The van der Waals surface area contributed by atoms with Crippen LogP contribution < -0.4 is 5.32 Å². The summed E-state index contributed by atoms with van der Waals surface area (Å²) in [6, 6.07) is 15.7. The lowest BCUT2D eigenvalue weighted by atomic mass is 10.0. The first-order valence-electron chi connectivity index (χ1n) is 7.63. The molecule has 3 nitrogen and oxygen atoms in total. The highest BCUT2D eigenvalue weighted by atomic mass is 32.2. The van der Waals surface area contributed by atoms with Crippen LogP contribution in [0.2, 0.25) is 0 Å². The van der Waals surface area contributed by atoms with Crippen molar-refractivity contribution in [3.63, 3.8) is 0 Å². The molecule has 1 N–H and O–H groups in total. The van der Waals surface area contributed by atoms with Gasteiger partial charge in [-0.1, -0.05) is 24.3 Å². The second-order valence-electron chi connectivity index (χ2n) is 6.05. The summed E-state index contributed by atoms with van der Waals surface area (Å²) in [5.41, 5.74) is 3.96. The van der Waals surface area contributed by atoms with E-state index in [-0.39, 0.29) is 0 Å². The zero-order chi connectivity index (χ0) is 15.6.